The Balaban J connectivity index is 2.10. The number of aryl methyl sites for hydroxylation is 1. The van der Waals surface area contributed by atoms with E-state index in [1.165, 1.54) is 18.2 Å². The van der Waals surface area contributed by atoms with Crippen LogP contribution in [0.1, 0.15) is 51.7 Å². The maximum absolute atomic E-state index is 12.5. The first-order chi connectivity index (χ1) is 16.2. The molecule has 0 bridgehead atoms. The molecule has 1 aromatic carbocycles. The minimum atomic E-state index is -1.41. The van der Waals surface area contributed by atoms with Gasteiger partial charge in [0, 0.05) is 17.2 Å². The predicted molar refractivity (Wildman–Crippen MR) is 129 cm³/mol. The number of halogens is 1. The van der Waals surface area contributed by atoms with Crippen molar-refractivity contribution in [3.05, 3.63) is 65.5 Å². The van der Waals surface area contributed by atoms with E-state index in [9.17, 15) is 24.3 Å². The van der Waals surface area contributed by atoms with Crippen LogP contribution in [-0.4, -0.2) is 41.7 Å². The lowest BCUT2D eigenvalue weighted by Gasteiger charge is -2.31. The number of aromatic amines is 2. The molecule has 13 heteroatoms. The van der Waals surface area contributed by atoms with Crippen molar-refractivity contribution in [3.8, 4) is 17.3 Å². The van der Waals surface area contributed by atoms with E-state index in [1.807, 2.05) is 13.8 Å². The highest BCUT2D eigenvalue weighted by molar-refractivity contribution is 6.32. The van der Waals surface area contributed by atoms with E-state index >= 15 is 0 Å². The quantitative estimate of drug-likeness (QED) is 0.476. The minimum absolute atomic E-state index is 0.0612. The van der Waals surface area contributed by atoms with Gasteiger partial charge in [0.05, 0.1) is 10.7 Å². The number of hydrogen-bond acceptors (Lipinski definition) is 7. The summed E-state index contributed by atoms with van der Waals surface area (Å²) in [4.78, 5) is 51.5. The fourth-order valence-corrected chi connectivity index (χ4v) is 3.66. The number of benzene rings is 1. The Morgan fingerprint density at radius 3 is 2.37 bits per heavy atom. The number of ether oxygens (including phenoxy) is 1. The SMILES string of the molecule is Cc1cc(-n2nc(N(C(=O)O)C(C)(C)C)c(=O)[nH]c2=O)cc(Cl)c1Oc1cc(C(C)C)c(=O)[nH]n1. The lowest BCUT2D eigenvalue weighted by atomic mass is 10.1. The summed E-state index contributed by atoms with van der Waals surface area (Å²) in [5.41, 5.74) is -2.03. The van der Waals surface area contributed by atoms with Gasteiger partial charge in [0.25, 0.3) is 11.1 Å². The molecule has 0 saturated heterocycles. The van der Waals surface area contributed by atoms with Gasteiger partial charge >= 0.3 is 11.8 Å². The minimum Gasteiger partial charge on any atom is -0.465 e. The van der Waals surface area contributed by atoms with Crippen LogP contribution in [-0.2, 0) is 0 Å². The summed E-state index contributed by atoms with van der Waals surface area (Å²) in [7, 11) is 0. The number of carbonyl (C=O) groups is 1. The fourth-order valence-electron chi connectivity index (χ4n) is 3.36. The molecule has 0 aliphatic heterocycles. The molecule has 0 radical (unpaired) electrons. The van der Waals surface area contributed by atoms with Gasteiger partial charge in [-0.15, -0.1) is 10.2 Å². The van der Waals surface area contributed by atoms with E-state index in [0.717, 1.165) is 9.58 Å². The van der Waals surface area contributed by atoms with Crippen LogP contribution < -0.4 is 26.4 Å². The van der Waals surface area contributed by atoms with Gasteiger partial charge in [-0.2, -0.15) is 4.68 Å². The highest BCUT2D eigenvalue weighted by Crippen LogP contribution is 2.34. The molecular formula is C22H25ClN6O6. The standard InChI is InChI=1S/C22H25ClN6O6/c1-10(2)13-9-15(25-26-18(13)30)35-16-11(3)7-12(8-14(16)23)29-20(32)24-19(31)17(27-29)28(21(33)34)22(4,5)6/h7-10H,1-6H3,(H,26,30)(H,33,34)(H,24,31,32). The van der Waals surface area contributed by atoms with Crippen molar-refractivity contribution < 1.29 is 14.6 Å². The molecule has 0 aliphatic rings. The normalized spacial score (nSPS) is 11.5. The molecule has 0 spiro atoms. The number of hydrogen-bond donors (Lipinski definition) is 3. The van der Waals surface area contributed by atoms with Crippen molar-refractivity contribution in [3.63, 3.8) is 0 Å². The molecule has 12 nitrogen and oxygen atoms in total. The molecule has 0 saturated carbocycles. The highest BCUT2D eigenvalue weighted by atomic mass is 35.5. The van der Waals surface area contributed by atoms with E-state index in [2.05, 4.69) is 20.3 Å². The summed E-state index contributed by atoms with van der Waals surface area (Å²) in [5.74, 6) is -0.189. The fraction of sp³-hybridized carbons (Fsp3) is 0.364. The molecule has 35 heavy (non-hydrogen) atoms. The number of H-pyrrole nitrogens is 2. The smallest absolute Gasteiger partial charge is 0.413 e. The van der Waals surface area contributed by atoms with Crippen molar-refractivity contribution in [2.24, 2.45) is 0 Å². The van der Waals surface area contributed by atoms with E-state index in [-0.39, 0.29) is 33.8 Å². The molecule has 186 valence electrons. The number of nitrogens with zero attached hydrogens (tertiary/aromatic N) is 4. The highest BCUT2D eigenvalue weighted by Gasteiger charge is 2.32. The first-order valence-corrected chi connectivity index (χ1v) is 10.9. The second-order valence-electron chi connectivity index (χ2n) is 9.10. The van der Waals surface area contributed by atoms with E-state index < -0.39 is 28.7 Å². The number of carboxylic acid groups (broad SMARTS) is 1. The molecule has 3 aromatic rings. The largest absolute Gasteiger partial charge is 0.465 e. The van der Waals surface area contributed by atoms with Crippen molar-refractivity contribution in [1.29, 1.82) is 0 Å². The van der Waals surface area contributed by atoms with E-state index in [4.69, 9.17) is 16.3 Å². The van der Waals surface area contributed by atoms with Crippen molar-refractivity contribution in [2.75, 3.05) is 4.90 Å². The van der Waals surface area contributed by atoms with Crippen LogP contribution in [0.5, 0.6) is 11.6 Å². The molecule has 3 rings (SSSR count). The van der Waals surface area contributed by atoms with Gasteiger partial charge in [-0.1, -0.05) is 25.4 Å². The van der Waals surface area contributed by atoms with E-state index in [0.29, 0.717) is 11.1 Å². The Morgan fingerprint density at radius 1 is 1.17 bits per heavy atom. The monoisotopic (exact) mass is 504 g/mol. The van der Waals surface area contributed by atoms with Gasteiger partial charge in [-0.05, 0) is 51.3 Å². The van der Waals surface area contributed by atoms with Gasteiger partial charge in [0.2, 0.25) is 11.7 Å². The van der Waals surface area contributed by atoms with Crippen LogP contribution in [0.2, 0.25) is 5.02 Å². The molecule has 0 aliphatic carbocycles. The Labute approximate surface area is 204 Å². The van der Waals surface area contributed by atoms with Crippen molar-refractivity contribution in [1.82, 2.24) is 25.0 Å². The molecule has 2 aromatic heterocycles. The van der Waals surface area contributed by atoms with Crippen LogP contribution in [0.4, 0.5) is 10.6 Å². The molecule has 1 amide bonds. The summed E-state index contributed by atoms with van der Waals surface area (Å²) in [5, 5.41) is 20.0. The third-order valence-corrected chi connectivity index (χ3v) is 5.26. The van der Waals surface area contributed by atoms with Crippen LogP contribution in [0, 0.1) is 6.92 Å². The maximum atomic E-state index is 12.5. The topological polar surface area (TPSA) is 163 Å². The summed E-state index contributed by atoms with van der Waals surface area (Å²) in [6.45, 7) is 10.1. The molecule has 0 unspecified atom stereocenters. The van der Waals surface area contributed by atoms with Crippen molar-refractivity contribution >= 4 is 23.5 Å². The lowest BCUT2D eigenvalue weighted by molar-refractivity contribution is 0.195. The average molecular weight is 505 g/mol. The number of aromatic nitrogens is 5. The van der Waals surface area contributed by atoms with Gasteiger partial charge in [-0.3, -0.25) is 19.5 Å². The van der Waals surface area contributed by atoms with Gasteiger partial charge in [0.1, 0.15) is 0 Å². The maximum Gasteiger partial charge on any atom is 0.413 e. The zero-order valence-corrected chi connectivity index (χ0v) is 20.7. The third-order valence-electron chi connectivity index (χ3n) is 4.98. The number of amides is 1. The molecular weight excluding hydrogens is 480 g/mol. The number of nitrogens with one attached hydrogen (secondary N) is 2. The summed E-state index contributed by atoms with van der Waals surface area (Å²) >= 11 is 6.43. The predicted octanol–water partition coefficient (Wildman–Crippen LogP) is 3.16. The zero-order chi connectivity index (χ0) is 26.2. The Kier molecular flexibility index (Phi) is 6.88. The number of anilines is 1. The molecule has 3 N–H and O–H groups in total. The van der Waals surface area contributed by atoms with E-state index in [1.54, 1.807) is 27.7 Å². The second-order valence-corrected chi connectivity index (χ2v) is 9.51. The van der Waals surface area contributed by atoms with Gasteiger partial charge < -0.3 is 9.84 Å². The second kappa shape index (κ2) is 9.37. The van der Waals surface area contributed by atoms with Crippen LogP contribution in [0.15, 0.2) is 32.6 Å². The lowest BCUT2D eigenvalue weighted by Crippen LogP contribution is -2.50. The van der Waals surface area contributed by atoms with Crippen LogP contribution in [0.25, 0.3) is 5.69 Å². The Bertz CT molecular complexity index is 1440. The average Bonchev–Trinajstić information content (AvgIpc) is 2.72. The van der Waals surface area contributed by atoms with Crippen LogP contribution in [0.3, 0.4) is 0 Å². The summed E-state index contributed by atoms with van der Waals surface area (Å²) in [6.07, 6.45) is -1.41. The Morgan fingerprint density at radius 2 is 1.83 bits per heavy atom. The molecule has 0 atom stereocenters. The zero-order valence-electron chi connectivity index (χ0n) is 20.0. The van der Waals surface area contributed by atoms with Gasteiger partial charge in [0.15, 0.2) is 5.75 Å². The van der Waals surface area contributed by atoms with Gasteiger partial charge in [-0.25, -0.2) is 14.7 Å². The summed E-state index contributed by atoms with van der Waals surface area (Å²) in [6, 6.07) is 4.41. The van der Waals surface area contributed by atoms with Crippen molar-refractivity contribution in [2.45, 2.75) is 53.0 Å². The Hall–Kier alpha value is -3.93. The third kappa shape index (κ3) is 5.27. The first kappa shape index (κ1) is 25.7. The number of rotatable bonds is 5. The first-order valence-electron chi connectivity index (χ1n) is 10.6. The summed E-state index contributed by atoms with van der Waals surface area (Å²) < 4.78 is 6.64. The molecule has 2 heterocycles. The van der Waals surface area contributed by atoms with Crippen LogP contribution >= 0.6 is 11.6 Å². The molecule has 0 fully saturated rings.